The molecule has 6 heteroatoms. The number of alkyl halides is 3. The van der Waals surface area contributed by atoms with Crippen molar-refractivity contribution in [3.8, 4) is 0 Å². The molecule has 0 saturated carbocycles. The van der Waals surface area contributed by atoms with Gasteiger partial charge in [-0.3, -0.25) is 4.79 Å². The third kappa shape index (κ3) is 4.63. The largest absolute Gasteiger partial charge is 0.430 e. The predicted molar refractivity (Wildman–Crippen MR) is 92.1 cm³/mol. The Balaban J connectivity index is 3.19. The Morgan fingerprint density at radius 3 is 2.24 bits per heavy atom. The normalized spacial score (nSPS) is 15.2. The quantitative estimate of drug-likeness (QED) is 0.663. The molecule has 0 aliphatic heterocycles. The summed E-state index contributed by atoms with van der Waals surface area (Å²) in [7, 11) is 2.30. The first-order valence-corrected chi connectivity index (χ1v) is 8.16. The van der Waals surface area contributed by atoms with Gasteiger partial charge in [-0.05, 0) is 33.6 Å². The molecular weight excluding hydrogens is 331 g/mol. The maximum absolute atomic E-state index is 13.9. The van der Waals surface area contributed by atoms with E-state index in [2.05, 4.69) is 0 Å². The standard InChI is InChI=1S/C19H26F3NO2/c1-14(2)10-9-11-15(3)23(4)17(24)18(25-5,19(20,21)22)16-12-7-6-8-13-16/h6-8,10,12-13,15H,9,11H2,1-5H3/t15-,18?/m0/s1. The minimum atomic E-state index is -4.88. The molecule has 1 unspecified atom stereocenters. The Bertz CT molecular complexity index is 594. The summed E-state index contributed by atoms with van der Waals surface area (Å²) >= 11 is 0. The Labute approximate surface area is 147 Å². The summed E-state index contributed by atoms with van der Waals surface area (Å²) < 4.78 is 46.6. The molecule has 0 aliphatic carbocycles. The molecule has 0 bridgehead atoms. The zero-order valence-electron chi connectivity index (χ0n) is 15.4. The smallest absolute Gasteiger partial charge is 0.356 e. The van der Waals surface area contributed by atoms with E-state index in [1.165, 1.54) is 31.3 Å². The lowest BCUT2D eigenvalue weighted by Crippen LogP contribution is -2.57. The van der Waals surface area contributed by atoms with Gasteiger partial charge in [-0.25, -0.2) is 0 Å². The zero-order valence-corrected chi connectivity index (χ0v) is 15.4. The number of methoxy groups -OCH3 is 1. The highest BCUT2D eigenvalue weighted by Crippen LogP contribution is 2.43. The lowest BCUT2D eigenvalue weighted by molar-refractivity contribution is -0.270. The van der Waals surface area contributed by atoms with Crippen LogP contribution >= 0.6 is 0 Å². The van der Waals surface area contributed by atoms with Gasteiger partial charge in [0.15, 0.2) is 0 Å². The van der Waals surface area contributed by atoms with E-state index >= 15 is 0 Å². The SMILES string of the molecule is COC(C(=O)N(C)[C@@H](C)CCC=C(C)C)(c1ccccc1)C(F)(F)F. The topological polar surface area (TPSA) is 29.5 Å². The highest BCUT2D eigenvalue weighted by atomic mass is 19.4. The molecule has 25 heavy (non-hydrogen) atoms. The van der Waals surface area contributed by atoms with E-state index in [9.17, 15) is 18.0 Å². The lowest BCUT2D eigenvalue weighted by Gasteiger charge is -2.38. The fourth-order valence-electron chi connectivity index (χ4n) is 2.66. The fourth-order valence-corrected chi connectivity index (χ4v) is 2.66. The van der Waals surface area contributed by atoms with Gasteiger partial charge in [0.25, 0.3) is 11.5 Å². The highest BCUT2D eigenvalue weighted by molar-refractivity contribution is 5.87. The van der Waals surface area contributed by atoms with Crippen molar-refractivity contribution in [1.29, 1.82) is 0 Å². The molecule has 3 nitrogen and oxygen atoms in total. The summed E-state index contributed by atoms with van der Waals surface area (Å²) in [4.78, 5) is 14.0. The van der Waals surface area contributed by atoms with Gasteiger partial charge in [0.1, 0.15) is 0 Å². The summed E-state index contributed by atoms with van der Waals surface area (Å²) in [5, 5.41) is 0. The maximum Gasteiger partial charge on any atom is 0.430 e. The van der Waals surface area contributed by atoms with Gasteiger partial charge >= 0.3 is 6.18 Å². The molecule has 0 aromatic heterocycles. The molecule has 1 amide bonds. The van der Waals surface area contributed by atoms with Crippen LogP contribution in [0.25, 0.3) is 0 Å². The molecule has 2 atom stereocenters. The van der Waals surface area contributed by atoms with Crippen molar-refractivity contribution < 1.29 is 22.7 Å². The van der Waals surface area contributed by atoms with Gasteiger partial charge in [-0.2, -0.15) is 13.2 Å². The third-order valence-corrected chi connectivity index (χ3v) is 4.31. The number of hydrogen-bond acceptors (Lipinski definition) is 2. The molecule has 0 radical (unpaired) electrons. The number of ether oxygens (including phenoxy) is 1. The molecule has 1 aromatic rings. The van der Waals surface area contributed by atoms with Gasteiger partial charge in [0, 0.05) is 25.8 Å². The van der Waals surface area contributed by atoms with Crippen LogP contribution in [0.5, 0.6) is 0 Å². The van der Waals surface area contributed by atoms with Crippen LogP contribution in [-0.2, 0) is 15.1 Å². The van der Waals surface area contributed by atoms with E-state index in [-0.39, 0.29) is 11.6 Å². The Hall–Kier alpha value is -1.82. The second-order valence-corrected chi connectivity index (χ2v) is 6.37. The van der Waals surface area contributed by atoms with Crippen LogP contribution in [0.3, 0.4) is 0 Å². The van der Waals surface area contributed by atoms with Crippen LogP contribution in [0.1, 0.15) is 39.2 Å². The van der Waals surface area contributed by atoms with Gasteiger partial charge in [0.05, 0.1) is 0 Å². The third-order valence-electron chi connectivity index (χ3n) is 4.31. The summed E-state index contributed by atoms with van der Waals surface area (Å²) in [5.41, 5.74) is -2.10. The Kier molecular flexibility index (Phi) is 7.23. The molecule has 140 valence electrons. The molecule has 0 heterocycles. The van der Waals surface area contributed by atoms with Crippen molar-refractivity contribution in [2.75, 3.05) is 14.2 Å². The average Bonchev–Trinajstić information content (AvgIpc) is 2.54. The number of rotatable bonds is 7. The second-order valence-electron chi connectivity index (χ2n) is 6.37. The predicted octanol–water partition coefficient (Wildman–Crippen LogP) is 4.68. The summed E-state index contributed by atoms with van der Waals surface area (Å²) in [6, 6.07) is 6.67. The van der Waals surface area contributed by atoms with E-state index in [1.807, 2.05) is 19.9 Å². The minimum absolute atomic E-state index is 0.224. The maximum atomic E-state index is 13.9. The molecule has 1 rings (SSSR count). The van der Waals surface area contributed by atoms with Crippen molar-refractivity contribution in [2.24, 2.45) is 0 Å². The highest BCUT2D eigenvalue weighted by Gasteiger charge is 2.63. The van der Waals surface area contributed by atoms with Crippen molar-refractivity contribution in [3.05, 3.63) is 47.5 Å². The van der Waals surface area contributed by atoms with Crippen LogP contribution < -0.4 is 0 Å². The summed E-state index contributed by atoms with van der Waals surface area (Å²) in [6.45, 7) is 5.64. The first-order valence-electron chi connectivity index (χ1n) is 8.16. The minimum Gasteiger partial charge on any atom is -0.356 e. The van der Waals surface area contributed by atoms with Crippen molar-refractivity contribution >= 4 is 5.91 Å². The second kappa shape index (κ2) is 8.52. The van der Waals surface area contributed by atoms with E-state index in [0.29, 0.717) is 12.8 Å². The first kappa shape index (κ1) is 21.2. The lowest BCUT2D eigenvalue weighted by atomic mass is 9.90. The number of halogens is 3. The molecule has 0 aliphatic rings. The van der Waals surface area contributed by atoms with Crippen LogP contribution in [-0.4, -0.2) is 37.2 Å². The molecule has 0 N–H and O–H groups in total. The number of hydrogen-bond donors (Lipinski definition) is 0. The van der Waals surface area contributed by atoms with E-state index < -0.39 is 17.7 Å². The summed E-state index contributed by atoms with van der Waals surface area (Å²) in [6.07, 6.45) is -1.62. The van der Waals surface area contributed by atoms with Crippen LogP contribution in [0, 0.1) is 0 Å². The average molecular weight is 357 g/mol. The summed E-state index contributed by atoms with van der Waals surface area (Å²) in [5.74, 6) is -1.11. The Morgan fingerprint density at radius 2 is 1.80 bits per heavy atom. The number of nitrogens with zero attached hydrogens (tertiary/aromatic N) is 1. The van der Waals surface area contributed by atoms with E-state index in [0.717, 1.165) is 17.6 Å². The number of amides is 1. The first-order chi connectivity index (χ1) is 11.6. The van der Waals surface area contributed by atoms with Gasteiger partial charge in [0.2, 0.25) is 0 Å². The number of carbonyl (C=O) groups excluding carboxylic acids is 1. The number of carbonyl (C=O) groups is 1. The van der Waals surface area contributed by atoms with E-state index in [4.69, 9.17) is 4.74 Å². The fraction of sp³-hybridized carbons (Fsp3) is 0.526. The van der Waals surface area contributed by atoms with Crippen molar-refractivity contribution in [3.63, 3.8) is 0 Å². The van der Waals surface area contributed by atoms with Crippen molar-refractivity contribution in [1.82, 2.24) is 4.90 Å². The number of likely N-dealkylation sites (N-methyl/N-ethyl adjacent to an activating group) is 1. The molecular formula is C19H26F3NO2. The monoisotopic (exact) mass is 357 g/mol. The number of benzene rings is 1. The van der Waals surface area contributed by atoms with Gasteiger partial charge < -0.3 is 9.64 Å². The molecule has 0 spiro atoms. The number of allylic oxidation sites excluding steroid dienone is 2. The van der Waals surface area contributed by atoms with Gasteiger partial charge in [-0.1, -0.05) is 42.0 Å². The van der Waals surface area contributed by atoms with E-state index in [1.54, 1.807) is 13.0 Å². The molecule has 0 fully saturated rings. The van der Waals surface area contributed by atoms with Crippen LogP contribution in [0.2, 0.25) is 0 Å². The van der Waals surface area contributed by atoms with Crippen LogP contribution in [0.15, 0.2) is 42.0 Å². The molecule has 1 aromatic carbocycles. The molecule has 0 saturated heterocycles. The zero-order chi connectivity index (χ0) is 19.3. The van der Waals surface area contributed by atoms with Gasteiger partial charge in [-0.15, -0.1) is 0 Å². The Morgan fingerprint density at radius 1 is 1.24 bits per heavy atom. The van der Waals surface area contributed by atoms with Crippen molar-refractivity contribution in [2.45, 2.75) is 51.4 Å². The van der Waals surface area contributed by atoms with Crippen LogP contribution in [0.4, 0.5) is 13.2 Å².